The summed E-state index contributed by atoms with van der Waals surface area (Å²) in [5.41, 5.74) is 2.28. The van der Waals surface area contributed by atoms with Crippen LogP contribution in [0.3, 0.4) is 0 Å². The monoisotopic (exact) mass is 467 g/mol. The highest BCUT2D eigenvalue weighted by Gasteiger charge is 2.34. The summed E-state index contributed by atoms with van der Waals surface area (Å²) in [6, 6.07) is 8.77. The zero-order chi connectivity index (χ0) is 24.7. The van der Waals surface area contributed by atoms with E-state index in [-0.39, 0.29) is 40.7 Å². The Morgan fingerprint density at radius 2 is 1.88 bits per heavy atom. The molecule has 34 heavy (non-hydrogen) atoms. The number of piperazine rings is 1. The van der Waals surface area contributed by atoms with Crippen LogP contribution in [0.1, 0.15) is 38.1 Å². The first-order valence-corrected chi connectivity index (χ1v) is 11.1. The quantitative estimate of drug-likeness (QED) is 0.582. The molecule has 0 saturated carbocycles. The van der Waals surface area contributed by atoms with Crippen molar-refractivity contribution in [3.63, 3.8) is 0 Å². The lowest BCUT2D eigenvalue weighted by Gasteiger charge is -2.47. The van der Waals surface area contributed by atoms with E-state index in [2.05, 4.69) is 20.9 Å². The summed E-state index contributed by atoms with van der Waals surface area (Å²) in [7, 11) is 2.98. The highest BCUT2D eigenvalue weighted by Crippen LogP contribution is 2.34. The van der Waals surface area contributed by atoms with Gasteiger partial charge < -0.3 is 14.2 Å². The SMILES string of the molecule is COc1cc(F)c(C(C)N2C[C@H](C)N(c3cc(=O)n(C)c4ccc(C#N)nc34)C[C@H]2C)cc1F. The smallest absolute Gasteiger partial charge is 0.252 e. The van der Waals surface area contributed by atoms with E-state index in [1.807, 2.05) is 20.8 Å². The Morgan fingerprint density at radius 1 is 1.15 bits per heavy atom. The van der Waals surface area contributed by atoms with E-state index in [0.29, 0.717) is 29.8 Å². The van der Waals surface area contributed by atoms with Crippen LogP contribution in [0, 0.1) is 23.0 Å². The van der Waals surface area contributed by atoms with Gasteiger partial charge in [-0.2, -0.15) is 5.26 Å². The van der Waals surface area contributed by atoms with E-state index in [4.69, 9.17) is 4.74 Å². The number of pyridine rings is 2. The molecule has 0 bridgehead atoms. The second-order valence-electron chi connectivity index (χ2n) is 8.83. The molecule has 3 aromatic rings. The van der Waals surface area contributed by atoms with Gasteiger partial charge in [-0.1, -0.05) is 0 Å². The van der Waals surface area contributed by atoms with E-state index < -0.39 is 11.6 Å². The first-order valence-electron chi connectivity index (χ1n) is 11.1. The normalized spacial score (nSPS) is 19.8. The van der Waals surface area contributed by atoms with Crippen LogP contribution >= 0.6 is 0 Å². The fourth-order valence-electron chi connectivity index (χ4n) is 4.82. The maximum atomic E-state index is 14.8. The average Bonchev–Trinajstić information content (AvgIpc) is 2.83. The fraction of sp³-hybridized carbons (Fsp3) is 0.400. The molecule has 1 aliphatic rings. The topological polar surface area (TPSA) is 74.4 Å². The highest BCUT2D eigenvalue weighted by atomic mass is 19.1. The molecule has 3 heterocycles. The minimum atomic E-state index is -0.601. The third-order valence-electron chi connectivity index (χ3n) is 6.75. The van der Waals surface area contributed by atoms with Gasteiger partial charge in [-0.05, 0) is 39.0 Å². The summed E-state index contributed by atoms with van der Waals surface area (Å²) < 4.78 is 35.5. The van der Waals surface area contributed by atoms with E-state index in [1.165, 1.54) is 17.7 Å². The van der Waals surface area contributed by atoms with Crippen molar-refractivity contribution in [1.29, 1.82) is 5.26 Å². The molecule has 1 fully saturated rings. The van der Waals surface area contributed by atoms with Crippen LogP contribution in [-0.2, 0) is 7.05 Å². The molecular formula is C25H27F2N5O2. The van der Waals surface area contributed by atoms with Gasteiger partial charge in [-0.15, -0.1) is 0 Å². The molecule has 2 aromatic heterocycles. The molecule has 3 atom stereocenters. The highest BCUT2D eigenvalue weighted by molar-refractivity contribution is 5.89. The molecule has 0 N–H and O–H groups in total. The molecule has 0 aliphatic carbocycles. The molecular weight excluding hydrogens is 440 g/mol. The Balaban J connectivity index is 1.69. The van der Waals surface area contributed by atoms with Gasteiger partial charge in [0.05, 0.1) is 18.3 Å². The Bertz CT molecular complexity index is 1350. The van der Waals surface area contributed by atoms with Gasteiger partial charge in [0.2, 0.25) is 0 Å². The number of nitrogens with zero attached hydrogens (tertiary/aromatic N) is 5. The standard InChI is InChI=1S/C25H27F2N5O2/c1-14-13-32(22-10-24(33)30(4)21-7-6-17(11-28)29-25(21)22)15(2)12-31(14)16(3)18-8-20(27)23(34-5)9-19(18)26/h6-10,14-16H,12-13H2,1-5H3/t14-,15+,16?/m1/s1. The van der Waals surface area contributed by atoms with Crippen molar-refractivity contribution in [2.45, 2.75) is 38.9 Å². The van der Waals surface area contributed by atoms with Gasteiger partial charge in [0, 0.05) is 56.0 Å². The molecule has 1 unspecified atom stereocenters. The van der Waals surface area contributed by atoms with Gasteiger partial charge in [0.1, 0.15) is 23.1 Å². The first kappa shape index (κ1) is 23.6. The van der Waals surface area contributed by atoms with Gasteiger partial charge >= 0.3 is 0 Å². The molecule has 0 amide bonds. The number of anilines is 1. The van der Waals surface area contributed by atoms with Crippen molar-refractivity contribution < 1.29 is 13.5 Å². The van der Waals surface area contributed by atoms with Crippen LogP contribution in [-0.4, -0.2) is 46.7 Å². The molecule has 7 nitrogen and oxygen atoms in total. The van der Waals surface area contributed by atoms with Crippen molar-refractivity contribution in [2.24, 2.45) is 7.05 Å². The van der Waals surface area contributed by atoms with Crippen LogP contribution < -0.4 is 15.2 Å². The van der Waals surface area contributed by atoms with Crippen LogP contribution in [0.25, 0.3) is 11.0 Å². The van der Waals surface area contributed by atoms with E-state index in [9.17, 15) is 18.8 Å². The number of rotatable bonds is 4. The van der Waals surface area contributed by atoms with Crippen molar-refractivity contribution >= 4 is 16.7 Å². The van der Waals surface area contributed by atoms with Gasteiger partial charge in [-0.3, -0.25) is 9.69 Å². The summed E-state index contributed by atoms with van der Waals surface area (Å²) in [6.45, 7) is 7.01. The molecule has 1 saturated heterocycles. The summed E-state index contributed by atoms with van der Waals surface area (Å²) in [5, 5.41) is 9.33. The van der Waals surface area contributed by atoms with Crippen LogP contribution in [0.15, 0.2) is 35.1 Å². The number of fused-ring (bicyclic) bond motifs is 1. The Labute approximate surface area is 196 Å². The molecule has 178 valence electrons. The second kappa shape index (κ2) is 9.03. The summed E-state index contributed by atoms with van der Waals surface area (Å²) in [4.78, 5) is 21.4. The number of aryl methyl sites for hydroxylation is 1. The van der Waals surface area contributed by atoms with Crippen molar-refractivity contribution in [2.75, 3.05) is 25.1 Å². The zero-order valence-corrected chi connectivity index (χ0v) is 19.8. The molecule has 1 aliphatic heterocycles. The second-order valence-corrected chi connectivity index (χ2v) is 8.83. The van der Waals surface area contributed by atoms with E-state index in [1.54, 1.807) is 25.2 Å². The first-order chi connectivity index (χ1) is 16.2. The lowest BCUT2D eigenvalue weighted by Crippen LogP contribution is -2.57. The summed E-state index contributed by atoms with van der Waals surface area (Å²) in [6.07, 6.45) is 0. The number of nitriles is 1. The number of benzene rings is 1. The van der Waals surface area contributed by atoms with Crippen LogP contribution in [0.5, 0.6) is 5.75 Å². The minimum Gasteiger partial charge on any atom is -0.494 e. The van der Waals surface area contributed by atoms with E-state index >= 15 is 0 Å². The van der Waals surface area contributed by atoms with Gasteiger partial charge in [0.25, 0.3) is 5.56 Å². The number of halogens is 2. The molecule has 0 spiro atoms. The summed E-state index contributed by atoms with van der Waals surface area (Å²) >= 11 is 0. The molecule has 4 rings (SSSR count). The predicted octanol–water partition coefficient (Wildman–Crippen LogP) is 3.75. The van der Waals surface area contributed by atoms with E-state index in [0.717, 1.165) is 6.07 Å². The Hall–Kier alpha value is -3.51. The molecule has 9 heteroatoms. The van der Waals surface area contributed by atoms with Crippen LogP contribution in [0.4, 0.5) is 14.5 Å². The number of hydrogen-bond acceptors (Lipinski definition) is 6. The Kier molecular flexibility index (Phi) is 6.28. The fourth-order valence-corrected chi connectivity index (χ4v) is 4.82. The average molecular weight is 468 g/mol. The number of aromatic nitrogens is 2. The third kappa shape index (κ3) is 3.99. The lowest BCUT2D eigenvalue weighted by atomic mass is 9.99. The minimum absolute atomic E-state index is 0.0333. The van der Waals surface area contributed by atoms with Gasteiger partial charge in [0.15, 0.2) is 11.6 Å². The molecule has 0 radical (unpaired) electrons. The number of ether oxygens (including phenoxy) is 1. The number of hydrogen-bond donors (Lipinski definition) is 0. The maximum Gasteiger partial charge on any atom is 0.252 e. The van der Waals surface area contributed by atoms with Crippen molar-refractivity contribution in [3.05, 3.63) is 63.6 Å². The van der Waals surface area contributed by atoms with Gasteiger partial charge in [-0.25, -0.2) is 13.8 Å². The van der Waals surface area contributed by atoms with Crippen molar-refractivity contribution in [1.82, 2.24) is 14.5 Å². The lowest BCUT2D eigenvalue weighted by molar-refractivity contribution is 0.117. The van der Waals surface area contributed by atoms with Crippen molar-refractivity contribution in [3.8, 4) is 11.8 Å². The predicted molar refractivity (Wildman–Crippen MR) is 126 cm³/mol. The summed E-state index contributed by atoms with van der Waals surface area (Å²) in [5.74, 6) is -1.24. The molecule has 1 aromatic carbocycles. The largest absolute Gasteiger partial charge is 0.494 e. The zero-order valence-electron chi connectivity index (χ0n) is 19.8. The van der Waals surface area contributed by atoms with Crippen LogP contribution in [0.2, 0.25) is 0 Å². The number of methoxy groups -OCH3 is 1. The third-order valence-corrected chi connectivity index (χ3v) is 6.75. The maximum absolute atomic E-state index is 14.8. The Morgan fingerprint density at radius 3 is 2.56 bits per heavy atom.